The van der Waals surface area contributed by atoms with Gasteiger partial charge in [-0.1, -0.05) is 23.7 Å². The fraction of sp³-hybridized carbons (Fsp3) is 0.389. The maximum atomic E-state index is 13.3. The topological polar surface area (TPSA) is 58.1 Å². The minimum absolute atomic E-state index is 0.0303. The first-order valence-electron chi connectivity index (χ1n) is 8.37. The largest absolute Gasteiger partial charge is 0.347 e. The summed E-state index contributed by atoms with van der Waals surface area (Å²) in [4.78, 5) is 23.0. The summed E-state index contributed by atoms with van der Waals surface area (Å²) < 4.78 is 13.3. The highest BCUT2D eigenvalue weighted by atomic mass is 35.5. The zero-order valence-corrected chi connectivity index (χ0v) is 14.9. The van der Waals surface area contributed by atoms with Gasteiger partial charge >= 0.3 is 0 Å². The van der Waals surface area contributed by atoms with Crippen LogP contribution in [0.25, 0.3) is 0 Å². The number of carbonyl (C=O) groups excluding carboxylic acids is 1. The van der Waals surface area contributed by atoms with E-state index in [4.69, 9.17) is 11.6 Å². The first-order chi connectivity index (χ1) is 12.0. The van der Waals surface area contributed by atoms with Gasteiger partial charge < -0.3 is 10.2 Å². The lowest BCUT2D eigenvalue weighted by atomic mass is 10.1. The molecule has 0 saturated heterocycles. The van der Waals surface area contributed by atoms with Crippen LogP contribution in [0.3, 0.4) is 0 Å². The molecule has 2 aromatic rings. The molecule has 1 N–H and O–H groups in total. The van der Waals surface area contributed by atoms with E-state index in [1.807, 2.05) is 24.8 Å². The summed E-state index contributed by atoms with van der Waals surface area (Å²) in [5, 5.41) is 3.15. The Balaban J connectivity index is 1.71. The second kappa shape index (κ2) is 7.35. The monoisotopic (exact) mass is 362 g/mol. The molecule has 1 aliphatic carbocycles. The van der Waals surface area contributed by atoms with Gasteiger partial charge in [-0.2, -0.15) is 0 Å². The van der Waals surface area contributed by atoms with Crippen LogP contribution < -0.4 is 10.2 Å². The molecule has 1 saturated carbocycles. The highest BCUT2D eigenvalue weighted by molar-refractivity contribution is 6.33. The van der Waals surface area contributed by atoms with E-state index >= 15 is 0 Å². The van der Waals surface area contributed by atoms with Crippen LogP contribution >= 0.6 is 11.6 Å². The highest BCUT2D eigenvalue weighted by Gasteiger charge is 2.40. The van der Waals surface area contributed by atoms with Crippen molar-refractivity contribution in [2.45, 2.75) is 32.2 Å². The van der Waals surface area contributed by atoms with Crippen molar-refractivity contribution in [2.24, 2.45) is 0 Å². The van der Waals surface area contributed by atoms with E-state index in [1.54, 1.807) is 6.07 Å². The van der Waals surface area contributed by atoms with Crippen LogP contribution in [0.1, 0.15) is 42.2 Å². The van der Waals surface area contributed by atoms with Crippen molar-refractivity contribution < 1.29 is 9.18 Å². The lowest BCUT2D eigenvalue weighted by molar-refractivity contribution is 0.0945. The van der Waals surface area contributed by atoms with Gasteiger partial charge in [0.2, 0.25) is 5.95 Å². The zero-order chi connectivity index (χ0) is 18.0. The Labute approximate surface area is 151 Å². The van der Waals surface area contributed by atoms with Gasteiger partial charge in [-0.3, -0.25) is 4.79 Å². The van der Waals surface area contributed by atoms with Crippen LogP contribution in [0, 0.1) is 5.82 Å². The van der Waals surface area contributed by atoms with Crippen molar-refractivity contribution in [1.29, 1.82) is 0 Å². The zero-order valence-electron chi connectivity index (χ0n) is 14.2. The third-order valence-electron chi connectivity index (χ3n) is 4.38. The molecule has 1 heterocycles. The van der Waals surface area contributed by atoms with Gasteiger partial charge in [0.25, 0.3) is 5.91 Å². The van der Waals surface area contributed by atoms with Crippen molar-refractivity contribution in [3.63, 3.8) is 0 Å². The Kier molecular flexibility index (Phi) is 5.18. The minimum atomic E-state index is -0.329. The fourth-order valence-corrected chi connectivity index (χ4v) is 3.05. The average molecular weight is 363 g/mol. The molecule has 7 heteroatoms. The van der Waals surface area contributed by atoms with E-state index in [0.29, 0.717) is 5.95 Å². The molecule has 0 radical (unpaired) electrons. The van der Waals surface area contributed by atoms with Crippen molar-refractivity contribution in [2.75, 3.05) is 18.0 Å². The molecule has 132 valence electrons. The Hall–Kier alpha value is -2.21. The molecular weight excluding hydrogens is 343 g/mol. The van der Waals surface area contributed by atoms with E-state index in [9.17, 15) is 9.18 Å². The smallest absolute Gasteiger partial charge is 0.271 e. The summed E-state index contributed by atoms with van der Waals surface area (Å²) in [5.41, 5.74) is 1.06. The van der Waals surface area contributed by atoms with E-state index in [-0.39, 0.29) is 34.4 Å². The third-order valence-corrected chi connectivity index (χ3v) is 4.65. The average Bonchev–Trinajstić information content (AvgIpc) is 3.36. The normalized spacial score (nSPS) is 18.7. The Morgan fingerprint density at radius 3 is 2.84 bits per heavy atom. The first kappa shape index (κ1) is 17.6. The maximum absolute atomic E-state index is 13.3. The Bertz CT molecular complexity index is 781. The van der Waals surface area contributed by atoms with Gasteiger partial charge in [0.15, 0.2) is 5.69 Å². The number of anilines is 1. The van der Waals surface area contributed by atoms with Crippen molar-refractivity contribution in [3.05, 3.63) is 52.6 Å². The molecule has 1 aromatic carbocycles. The van der Waals surface area contributed by atoms with Gasteiger partial charge in [0, 0.05) is 25.0 Å². The quantitative estimate of drug-likeness (QED) is 0.855. The van der Waals surface area contributed by atoms with Crippen LogP contribution in [0.5, 0.6) is 0 Å². The maximum Gasteiger partial charge on any atom is 0.271 e. The van der Waals surface area contributed by atoms with E-state index < -0.39 is 0 Å². The summed E-state index contributed by atoms with van der Waals surface area (Å²) in [7, 11) is 0. The van der Waals surface area contributed by atoms with Crippen molar-refractivity contribution in [3.8, 4) is 0 Å². The number of aromatic nitrogens is 2. The molecule has 1 amide bonds. The van der Waals surface area contributed by atoms with Crippen LogP contribution in [0.15, 0.2) is 30.5 Å². The predicted octanol–water partition coefficient (Wildman–Crippen LogP) is 3.40. The molecule has 0 bridgehead atoms. The molecular formula is C18H20ClFN4O. The summed E-state index contributed by atoms with van der Waals surface area (Å²) >= 11 is 6.11. The van der Waals surface area contributed by atoms with Crippen LogP contribution in [-0.4, -0.2) is 35.0 Å². The molecule has 5 nitrogen and oxygen atoms in total. The second-order valence-electron chi connectivity index (χ2n) is 6.02. The van der Waals surface area contributed by atoms with Gasteiger partial charge in [-0.05, 0) is 38.0 Å². The van der Waals surface area contributed by atoms with Crippen LogP contribution in [0.4, 0.5) is 10.3 Å². The summed E-state index contributed by atoms with van der Waals surface area (Å²) in [5.74, 6) is 0.0152. The van der Waals surface area contributed by atoms with E-state index in [0.717, 1.165) is 25.1 Å². The second-order valence-corrected chi connectivity index (χ2v) is 6.42. The molecule has 0 spiro atoms. The van der Waals surface area contributed by atoms with E-state index in [1.165, 1.54) is 18.3 Å². The lowest BCUT2D eigenvalue weighted by Crippen LogP contribution is -2.30. The number of nitrogens with zero attached hydrogens (tertiary/aromatic N) is 3. The van der Waals surface area contributed by atoms with Gasteiger partial charge in [0.1, 0.15) is 5.82 Å². The number of halogens is 2. The number of carbonyl (C=O) groups is 1. The molecule has 3 rings (SSSR count). The Morgan fingerprint density at radius 2 is 2.16 bits per heavy atom. The number of hydrogen-bond donors (Lipinski definition) is 1. The highest BCUT2D eigenvalue weighted by Crippen LogP contribution is 2.41. The SMILES string of the molecule is CCN(CC)c1ncc(Cl)c(C(=O)N[C@@H]2C[C@@H]2c2cccc(F)c2)n1. The van der Waals surface area contributed by atoms with E-state index in [2.05, 4.69) is 15.3 Å². The molecule has 1 fully saturated rings. The van der Waals surface area contributed by atoms with Gasteiger partial charge in [0.05, 0.1) is 11.2 Å². The van der Waals surface area contributed by atoms with Crippen molar-refractivity contribution in [1.82, 2.24) is 15.3 Å². The first-order valence-corrected chi connectivity index (χ1v) is 8.75. The minimum Gasteiger partial charge on any atom is -0.347 e. The van der Waals surface area contributed by atoms with Crippen LogP contribution in [0.2, 0.25) is 5.02 Å². The molecule has 25 heavy (non-hydrogen) atoms. The number of benzene rings is 1. The predicted molar refractivity (Wildman–Crippen MR) is 95.6 cm³/mol. The molecule has 0 unspecified atom stereocenters. The molecule has 0 aliphatic heterocycles. The Morgan fingerprint density at radius 1 is 1.40 bits per heavy atom. The van der Waals surface area contributed by atoms with Crippen LogP contribution in [-0.2, 0) is 0 Å². The third kappa shape index (κ3) is 3.90. The molecule has 2 atom stereocenters. The number of hydrogen-bond acceptors (Lipinski definition) is 4. The molecule has 1 aliphatic rings. The number of nitrogens with one attached hydrogen (secondary N) is 1. The number of amides is 1. The standard InChI is InChI=1S/C18H20ClFN4O/c1-3-24(4-2)18-21-10-14(19)16(23-18)17(25)22-15-9-13(15)11-6-5-7-12(20)8-11/h5-8,10,13,15H,3-4,9H2,1-2H3,(H,22,25)/t13-,15-/m1/s1. The fourth-order valence-electron chi connectivity index (χ4n) is 2.87. The summed E-state index contributed by atoms with van der Waals surface area (Å²) in [6.07, 6.45) is 2.23. The number of rotatable bonds is 6. The summed E-state index contributed by atoms with van der Waals surface area (Å²) in [6.45, 7) is 5.47. The lowest BCUT2D eigenvalue weighted by Gasteiger charge is -2.19. The summed E-state index contributed by atoms with van der Waals surface area (Å²) in [6, 6.07) is 6.44. The van der Waals surface area contributed by atoms with Gasteiger partial charge in [-0.25, -0.2) is 14.4 Å². The van der Waals surface area contributed by atoms with Crippen molar-refractivity contribution >= 4 is 23.5 Å². The molecule has 1 aromatic heterocycles. The van der Waals surface area contributed by atoms with Gasteiger partial charge in [-0.15, -0.1) is 0 Å².